The predicted molar refractivity (Wildman–Crippen MR) is 100.0 cm³/mol. The van der Waals surface area contributed by atoms with Crippen molar-refractivity contribution in [1.29, 1.82) is 0 Å². The van der Waals surface area contributed by atoms with Crippen LogP contribution in [-0.2, 0) is 16.0 Å². The molecule has 2 heterocycles. The maximum atomic E-state index is 12.7. The summed E-state index contributed by atoms with van der Waals surface area (Å²) in [6, 6.07) is 7.09. The number of nitrogens with zero attached hydrogens (tertiary/aromatic N) is 1. The number of morpholine rings is 1. The number of nitrogens with one attached hydrogen (secondary N) is 3. The number of para-hydroxylation sites is 1. The smallest absolute Gasteiger partial charge is 0.318 e. The van der Waals surface area contributed by atoms with E-state index in [0.717, 1.165) is 16.5 Å². The van der Waals surface area contributed by atoms with Crippen molar-refractivity contribution in [2.24, 2.45) is 0 Å². The number of ether oxygens (including phenoxy) is 1. The van der Waals surface area contributed by atoms with E-state index in [9.17, 15) is 9.59 Å². The fourth-order valence-electron chi connectivity index (χ4n) is 3.12. The van der Waals surface area contributed by atoms with E-state index in [-0.39, 0.29) is 18.0 Å². The Hall–Kier alpha value is -2.54. The van der Waals surface area contributed by atoms with Crippen molar-refractivity contribution in [2.75, 3.05) is 26.3 Å². The summed E-state index contributed by atoms with van der Waals surface area (Å²) in [6.45, 7) is 5.95. The molecular formula is C19H26N4O3. The number of rotatable bonds is 5. The first kappa shape index (κ1) is 18.3. The number of urea groups is 1. The van der Waals surface area contributed by atoms with Gasteiger partial charge in [0.25, 0.3) is 0 Å². The van der Waals surface area contributed by atoms with Gasteiger partial charge in [0, 0.05) is 42.7 Å². The maximum absolute atomic E-state index is 12.7. The average Bonchev–Trinajstić information content (AvgIpc) is 3.04. The van der Waals surface area contributed by atoms with E-state index < -0.39 is 6.04 Å². The van der Waals surface area contributed by atoms with Crippen LogP contribution >= 0.6 is 0 Å². The summed E-state index contributed by atoms with van der Waals surface area (Å²) >= 11 is 0. The van der Waals surface area contributed by atoms with Crippen LogP contribution in [-0.4, -0.2) is 60.2 Å². The lowest BCUT2D eigenvalue weighted by atomic mass is 10.0. The molecule has 1 aliphatic heterocycles. The van der Waals surface area contributed by atoms with Crippen LogP contribution < -0.4 is 10.6 Å². The SMILES string of the molecule is CC(C)NC(=O)[C@@H](Cc1c[nH]c2ccccc12)NC(=O)N1CCOCC1. The molecule has 2 aromatic rings. The van der Waals surface area contributed by atoms with Gasteiger partial charge in [-0.05, 0) is 25.5 Å². The summed E-state index contributed by atoms with van der Waals surface area (Å²) < 4.78 is 5.28. The summed E-state index contributed by atoms with van der Waals surface area (Å²) in [5.41, 5.74) is 2.02. The minimum absolute atomic E-state index is 0.00765. The molecule has 1 aliphatic rings. The Bertz CT molecular complexity index is 765. The zero-order chi connectivity index (χ0) is 18.5. The maximum Gasteiger partial charge on any atom is 0.318 e. The minimum atomic E-state index is -0.632. The van der Waals surface area contributed by atoms with Crippen LogP contribution in [0.5, 0.6) is 0 Å². The second-order valence-electron chi connectivity index (χ2n) is 6.83. The number of carbonyl (C=O) groups excluding carboxylic acids is 2. The molecule has 1 saturated heterocycles. The van der Waals surface area contributed by atoms with Crippen LogP contribution in [0.1, 0.15) is 19.4 Å². The van der Waals surface area contributed by atoms with Gasteiger partial charge in [0.1, 0.15) is 6.04 Å². The van der Waals surface area contributed by atoms with E-state index in [1.165, 1.54) is 0 Å². The Kier molecular flexibility index (Phi) is 5.78. The summed E-state index contributed by atoms with van der Waals surface area (Å²) in [5, 5.41) is 6.87. The second-order valence-corrected chi connectivity index (χ2v) is 6.83. The highest BCUT2D eigenvalue weighted by Gasteiger charge is 2.26. The van der Waals surface area contributed by atoms with Gasteiger partial charge in [0.2, 0.25) is 5.91 Å². The number of H-pyrrole nitrogens is 1. The van der Waals surface area contributed by atoms with Gasteiger partial charge in [-0.3, -0.25) is 4.79 Å². The molecule has 7 heteroatoms. The Labute approximate surface area is 153 Å². The Morgan fingerprint density at radius 1 is 1.19 bits per heavy atom. The third kappa shape index (κ3) is 4.35. The number of aromatic nitrogens is 1. The lowest BCUT2D eigenvalue weighted by Crippen LogP contribution is -2.55. The third-order valence-electron chi connectivity index (χ3n) is 4.44. The van der Waals surface area contributed by atoms with Crippen molar-refractivity contribution in [2.45, 2.75) is 32.4 Å². The molecule has 0 spiro atoms. The van der Waals surface area contributed by atoms with Crippen molar-refractivity contribution in [3.05, 3.63) is 36.0 Å². The molecule has 3 rings (SSSR count). The highest BCUT2D eigenvalue weighted by Crippen LogP contribution is 2.19. The zero-order valence-corrected chi connectivity index (χ0v) is 15.2. The van der Waals surface area contributed by atoms with E-state index in [1.807, 2.05) is 44.3 Å². The molecule has 140 valence electrons. The van der Waals surface area contributed by atoms with Crippen LogP contribution in [0, 0.1) is 0 Å². The second kappa shape index (κ2) is 8.23. The third-order valence-corrected chi connectivity index (χ3v) is 4.44. The molecule has 1 aromatic heterocycles. The van der Waals surface area contributed by atoms with Gasteiger partial charge in [0.05, 0.1) is 13.2 Å². The van der Waals surface area contributed by atoms with E-state index in [4.69, 9.17) is 4.74 Å². The highest BCUT2D eigenvalue weighted by atomic mass is 16.5. The van der Waals surface area contributed by atoms with Crippen LogP contribution in [0.15, 0.2) is 30.5 Å². The molecule has 0 bridgehead atoms. The van der Waals surface area contributed by atoms with E-state index in [1.54, 1.807) is 4.90 Å². The fraction of sp³-hybridized carbons (Fsp3) is 0.474. The molecule has 0 radical (unpaired) electrons. The molecule has 1 atom stereocenters. The molecule has 3 N–H and O–H groups in total. The largest absolute Gasteiger partial charge is 0.378 e. The van der Waals surface area contributed by atoms with Gasteiger partial charge in [-0.25, -0.2) is 4.79 Å². The highest BCUT2D eigenvalue weighted by molar-refractivity contribution is 5.89. The Morgan fingerprint density at radius 2 is 1.92 bits per heavy atom. The summed E-state index contributed by atoms with van der Waals surface area (Å²) in [7, 11) is 0. The number of benzene rings is 1. The summed E-state index contributed by atoms with van der Waals surface area (Å²) in [6.07, 6.45) is 2.33. The Morgan fingerprint density at radius 3 is 2.65 bits per heavy atom. The average molecular weight is 358 g/mol. The topological polar surface area (TPSA) is 86.5 Å². The molecule has 0 aliphatic carbocycles. The number of fused-ring (bicyclic) bond motifs is 1. The van der Waals surface area contributed by atoms with Gasteiger partial charge in [-0.1, -0.05) is 18.2 Å². The quantitative estimate of drug-likeness (QED) is 0.759. The number of carbonyl (C=O) groups is 2. The van der Waals surface area contributed by atoms with Crippen LogP contribution in [0.25, 0.3) is 10.9 Å². The van der Waals surface area contributed by atoms with Crippen LogP contribution in [0.4, 0.5) is 4.79 Å². The van der Waals surface area contributed by atoms with Gasteiger partial charge in [-0.2, -0.15) is 0 Å². The lowest BCUT2D eigenvalue weighted by molar-refractivity contribution is -0.123. The first-order valence-corrected chi connectivity index (χ1v) is 9.03. The van der Waals surface area contributed by atoms with E-state index in [0.29, 0.717) is 32.7 Å². The summed E-state index contributed by atoms with van der Waals surface area (Å²) in [4.78, 5) is 30.1. The number of amides is 3. The molecule has 1 fully saturated rings. The molecule has 1 aromatic carbocycles. The fourth-order valence-corrected chi connectivity index (χ4v) is 3.12. The predicted octanol–water partition coefficient (Wildman–Crippen LogP) is 1.65. The lowest BCUT2D eigenvalue weighted by Gasteiger charge is -2.29. The van der Waals surface area contributed by atoms with Gasteiger partial charge >= 0.3 is 6.03 Å². The zero-order valence-electron chi connectivity index (χ0n) is 15.2. The van der Waals surface area contributed by atoms with Crippen molar-refractivity contribution < 1.29 is 14.3 Å². The summed E-state index contributed by atoms with van der Waals surface area (Å²) in [5.74, 6) is -0.174. The van der Waals surface area contributed by atoms with E-state index in [2.05, 4.69) is 15.6 Å². The molecular weight excluding hydrogens is 332 g/mol. The van der Waals surface area contributed by atoms with Crippen LogP contribution in [0.2, 0.25) is 0 Å². The number of hydrogen-bond acceptors (Lipinski definition) is 3. The molecule has 0 saturated carbocycles. The van der Waals surface area contributed by atoms with Crippen LogP contribution in [0.3, 0.4) is 0 Å². The number of hydrogen-bond donors (Lipinski definition) is 3. The molecule has 26 heavy (non-hydrogen) atoms. The van der Waals surface area contributed by atoms with Gasteiger partial charge < -0.3 is 25.3 Å². The van der Waals surface area contributed by atoms with Crippen molar-refractivity contribution in [1.82, 2.24) is 20.5 Å². The molecule has 3 amide bonds. The number of aromatic amines is 1. The minimum Gasteiger partial charge on any atom is -0.378 e. The first-order chi connectivity index (χ1) is 12.5. The van der Waals surface area contributed by atoms with Crippen molar-refractivity contribution >= 4 is 22.8 Å². The standard InChI is InChI=1S/C19H26N4O3/c1-13(2)21-18(24)17(22-19(25)23-7-9-26-10-8-23)11-14-12-20-16-6-4-3-5-15(14)16/h3-6,12-13,17,20H,7-11H2,1-2H3,(H,21,24)(H,22,25)/t17-/m1/s1. The first-order valence-electron chi connectivity index (χ1n) is 9.03. The van der Waals surface area contributed by atoms with Crippen molar-refractivity contribution in [3.63, 3.8) is 0 Å². The van der Waals surface area contributed by atoms with Gasteiger partial charge in [0.15, 0.2) is 0 Å². The Balaban J connectivity index is 1.76. The molecule has 0 unspecified atom stereocenters. The normalized spacial score (nSPS) is 15.9. The molecule has 7 nitrogen and oxygen atoms in total. The van der Waals surface area contributed by atoms with E-state index >= 15 is 0 Å². The van der Waals surface area contributed by atoms with Crippen molar-refractivity contribution in [3.8, 4) is 0 Å². The van der Waals surface area contributed by atoms with Gasteiger partial charge in [-0.15, -0.1) is 0 Å². The monoisotopic (exact) mass is 358 g/mol.